The van der Waals surface area contributed by atoms with Crippen molar-refractivity contribution < 1.29 is 14.3 Å². The molecular formula is C21H20N2O3S. The van der Waals surface area contributed by atoms with Gasteiger partial charge in [-0.2, -0.15) is 0 Å². The summed E-state index contributed by atoms with van der Waals surface area (Å²) in [6.07, 6.45) is 0. The molecule has 6 heteroatoms. The van der Waals surface area contributed by atoms with Crippen molar-refractivity contribution in [2.45, 2.75) is 19.9 Å². The molecule has 0 unspecified atom stereocenters. The van der Waals surface area contributed by atoms with Gasteiger partial charge in [0.2, 0.25) is 5.91 Å². The Labute approximate surface area is 162 Å². The van der Waals surface area contributed by atoms with Crippen molar-refractivity contribution in [2.75, 3.05) is 5.32 Å². The monoisotopic (exact) mass is 380 g/mol. The van der Waals surface area contributed by atoms with Gasteiger partial charge < -0.3 is 15.4 Å². The molecule has 2 amide bonds. The van der Waals surface area contributed by atoms with E-state index in [1.165, 1.54) is 11.3 Å². The van der Waals surface area contributed by atoms with Gasteiger partial charge in [0.15, 0.2) is 5.75 Å². The maximum atomic E-state index is 12.5. The normalized spacial score (nSPS) is 11.5. The van der Waals surface area contributed by atoms with Crippen molar-refractivity contribution in [1.29, 1.82) is 0 Å². The van der Waals surface area contributed by atoms with E-state index in [1.807, 2.05) is 48.7 Å². The summed E-state index contributed by atoms with van der Waals surface area (Å²) in [5, 5.41) is 7.33. The Kier molecular flexibility index (Phi) is 5.88. The van der Waals surface area contributed by atoms with Gasteiger partial charge in [-0.25, -0.2) is 0 Å². The number of rotatable bonds is 6. The zero-order chi connectivity index (χ0) is 19.2. The Balaban J connectivity index is 1.67. The molecule has 27 heavy (non-hydrogen) atoms. The number of hydrogen-bond donors (Lipinski definition) is 2. The molecule has 138 valence electrons. The highest BCUT2D eigenvalue weighted by molar-refractivity contribution is 7.12. The number of thiophene rings is 1. The summed E-state index contributed by atoms with van der Waals surface area (Å²) in [4.78, 5) is 25.2. The Morgan fingerprint density at radius 1 is 1.00 bits per heavy atom. The molecule has 2 N–H and O–H groups in total. The number of hydrogen-bond acceptors (Lipinski definition) is 4. The van der Waals surface area contributed by atoms with Gasteiger partial charge in [-0.15, -0.1) is 11.3 Å². The van der Waals surface area contributed by atoms with Gasteiger partial charge in [-0.05, 0) is 49.6 Å². The number of nitrogens with one attached hydrogen (secondary N) is 2. The smallest absolute Gasteiger partial charge is 0.261 e. The Bertz CT molecular complexity index is 921. The molecule has 0 bridgehead atoms. The molecule has 0 fully saturated rings. The first kappa shape index (κ1) is 18.7. The topological polar surface area (TPSA) is 67.4 Å². The zero-order valence-electron chi connectivity index (χ0n) is 15.1. The summed E-state index contributed by atoms with van der Waals surface area (Å²) in [5.74, 6) is 0.629. The van der Waals surface area contributed by atoms with E-state index in [0.29, 0.717) is 22.1 Å². The van der Waals surface area contributed by atoms with Crippen molar-refractivity contribution in [3.8, 4) is 11.5 Å². The average Bonchev–Trinajstić information content (AvgIpc) is 3.20. The molecule has 0 aliphatic carbocycles. The number of ether oxygens (including phenoxy) is 1. The molecular weight excluding hydrogens is 360 g/mol. The van der Waals surface area contributed by atoms with E-state index in [9.17, 15) is 9.59 Å². The van der Waals surface area contributed by atoms with Crippen LogP contribution >= 0.6 is 11.3 Å². The van der Waals surface area contributed by atoms with E-state index in [1.54, 1.807) is 31.2 Å². The minimum Gasteiger partial charge on any atom is -0.455 e. The molecule has 0 spiro atoms. The van der Waals surface area contributed by atoms with Gasteiger partial charge in [-0.3, -0.25) is 9.59 Å². The Hall–Kier alpha value is -3.12. The van der Waals surface area contributed by atoms with Crippen LogP contribution in [0.3, 0.4) is 0 Å². The minimum atomic E-state index is -0.688. The molecule has 0 aliphatic rings. The van der Waals surface area contributed by atoms with E-state index in [2.05, 4.69) is 10.6 Å². The second-order valence-corrected chi connectivity index (χ2v) is 7.02. The van der Waals surface area contributed by atoms with Crippen LogP contribution in [0.1, 0.15) is 22.2 Å². The Morgan fingerprint density at radius 2 is 1.74 bits per heavy atom. The number of anilines is 1. The maximum Gasteiger partial charge on any atom is 0.261 e. The summed E-state index contributed by atoms with van der Waals surface area (Å²) in [7, 11) is 0. The van der Waals surface area contributed by atoms with Crippen LogP contribution in [0.2, 0.25) is 0 Å². The van der Waals surface area contributed by atoms with Crippen LogP contribution < -0.4 is 15.4 Å². The predicted molar refractivity (Wildman–Crippen MR) is 108 cm³/mol. The quantitative estimate of drug-likeness (QED) is 0.656. The third kappa shape index (κ3) is 4.95. The van der Waals surface area contributed by atoms with Gasteiger partial charge in [-0.1, -0.05) is 35.9 Å². The van der Waals surface area contributed by atoms with E-state index in [4.69, 9.17) is 4.74 Å². The first-order chi connectivity index (χ1) is 13.0. The van der Waals surface area contributed by atoms with E-state index in [0.717, 1.165) is 5.56 Å². The number of carbonyl (C=O) groups is 2. The SMILES string of the molecule is Cc1ccc(Oc2ccccc2NC(=O)[C@H](C)NC(=O)c2cccs2)cc1. The van der Waals surface area contributed by atoms with E-state index < -0.39 is 6.04 Å². The summed E-state index contributed by atoms with van der Waals surface area (Å²) in [6.45, 7) is 3.65. The first-order valence-corrected chi connectivity index (χ1v) is 9.39. The van der Waals surface area contributed by atoms with Gasteiger partial charge >= 0.3 is 0 Å². The highest BCUT2D eigenvalue weighted by Crippen LogP contribution is 2.29. The zero-order valence-corrected chi connectivity index (χ0v) is 15.9. The highest BCUT2D eigenvalue weighted by atomic mass is 32.1. The fourth-order valence-electron chi connectivity index (χ4n) is 2.37. The maximum absolute atomic E-state index is 12.5. The van der Waals surface area contributed by atoms with Crippen LogP contribution in [0.15, 0.2) is 66.0 Å². The van der Waals surface area contributed by atoms with Crippen LogP contribution in [0, 0.1) is 6.92 Å². The first-order valence-electron chi connectivity index (χ1n) is 8.52. The average molecular weight is 380 g/mol. The third-order valence-corrected chi connectivity index (χ3v) is 4.75. The van der Waals surface area contributed by atoms with E-state index >= 15 is 0 Å². The van der Waals surface area contributed by atoms with Crippen LogP contribution in [0.4, 0.5) is 5.69 Å². The number of para-hydroxylation sites is 2. The van der Waals surface area contributed by atoms with Crippen molar-refractivity contribution >= 4 is 28.8 Å². The standard InChI is InChI=1S/C21H20N2O3S/c1-14-9-11-16(12-10-14)26-18-7-4-3-6-17(18)23-20(24)15(2)22-21(25)19-8-5-13-27-19/h3-13,15H,1-2H3,(H,22,25)(H,23,24)/t15-/m0/s1. The lowest BCUT2D eigenvalue weighted by Crippen LogP contribution is -2.41. The lowest BCUT2D eigenvalue weighted by Gasteiger charge is -2.16. The molecule has 0 aliphatic heterocycles. The molecule has 1 aromatic heterocycles. The molecule has 0 saturated carbocycles. The number of aryl methyl sites for hydroxylation is 1. The number of amides is 2. The number of carbonyl (C=O) groups excluding carboxylic acids is 2. The summed E-state index contributed by atoms with van der Waals surface area (Å²) in [6, 6.07) is 17.7. The lowest BCUT2D eigenvalue weighted by molar-refractivity contribution is -0.117. The molecule has 0 saturated heterocycles. The molecule has 3 rings (SSSR count). The van der Waals surface area contributed by atoms with Crippen molar-refractivity contribution in [3.63, 3.8) is 0 Å². The summed E-state index contributed by atoms with van der Waals surface area (Å²) >= 11 is 1.33. The van der Waals surface area contributed by atoms with Crippen LogP contribution in [-0.4, -0.2) is 17.9 Å². The van der Waals surface area contributed by atoms with Gasteiger partial charge in [0.25, 0.3) is 5.91 Å². The lowest BCUT2D eigenvalue weighted by atomic mass is 10.2. The van der Waals surface area contributed by atoms with Crippen molar-refractivity contribution in [3.05, 3.63) is 76.5 Å². The second kappa shape index (κ2) is 8.51. The molecule has 1 heterocycles. The summed E-state index contributed by atoms with van der Waals surface area (Å²) in [5.41, 5.74) is 1.68. The fraction of sp³-hybridized carbons (Fsp3) is 0.143. The van der Waals surface area contributed by atoms with Gasteiger partial charge in [0.1, 0.15) is 11.8 Å². The predicted octanol–water partition coefficient (Wildman–Crippen LogP) is 4.61. The molecule has 0 radical (unpaired) electrons. The van der Waals surface area contributed by atoms with Crippen LogP contribution in [0.5, 0.6) is 11.5 Å². The molecule has 5 nitrogen and oxygen atoms in total. The van der Waals surface area contributed by atoms with Gasteiger partial charge in [0, 0.05) is 0 Å². The Morgan fingerprint density at radius 3 is 2.44 bits per heavy atom. The molecule has 2 aromatic carbocycles. The summed E-state index contributed by atoms with van der Waals surface area (Å²) < 4.78 is 5.88. The molecule has 3 aromatic rings. The minimum absolute atomic E-state index is 0.267. The fourth-order valence-corrected chi connectivity index (χ4v) is 3.00. The largest absolute Gasteiger partial charge is 0.455 e. The van der Waals surface area contributed by atoms with Gasteiger partial charge in [0.05, 0.1) is 10.6 Å². The van der Waals surface area contributed by atoms with E-state index in [-0.39, 0.29) is 11.8 Å². The molecule has 1 atom stereocenters. The van der Waals surface area contributed by atoms with Crippen LogP contribution in [-0.2, 0) is 4.79 Å². The number of benzene rings is 2. The second-order valence-electron chi connectivity index (χ2n) is 6.07. The van der Waals surface area contributed by atoms with Crippen molar-refractivity contribution in [1.82, 2.24) is 5.32 Å². The van der Waals surface area contributed by atoms with Crippen LogP contribution in [0.25, 0.3) is 0 Å². The highest BCUT2D eigenvalue weighted by Gasteiger charge is 2.18. The van der Waals surface area contributed by atoms with Crippen molar-refractivity contribution in [2.24, 2.45) is 0 Å². The third-order valence-electron chi connectivity index (χ3n) is 3.88.